The van der Waals surface area contributed by atoms with Crippen LogP contribution in [-0.4, -0.2) is 75.3 Å². The van der Waals surface area contributed by atoms with E-state index in [0.717, 1.165) is 58.4 Å². The Labute approximate surface area is 130 Å². The van der Waals surface area contributed by atoms with Crippen molar-refractivity contribution in [3.8, 4) is 0 Å². The molecule has 1 heterocycles. The highest BCUT2D eigenvalue weighted by Gasteiger charge is 2.14. The molecule has 0 bridgehead atoms. The molecular weight excluding hydrogens is 264 g/mol. The fourth-order valence-corrected chi connectivity index (χ4v) is 2.50. The minimum absolute atomic E-state index is 0.580. The van der Waals surface area contributed by atoms with E-state index in [1.807, 2.05) is 0 Å². The summed E-state index contributed by atoms with van der Waals surface area (Å²) in [5, 5.41) is 3.39. The van der Waals surface area contributed by atoms with Gasteiger partial charge in [-0.15, -0.1) is 0 Å². The summed E-state index contributed by atoms with van der Waals surface area (Å²) in [5.74, 6) is 1.62. The molecule has 1 saturated heterocycles. The van der Waals surface area contributed by atoms with Crippen LogP contribution in [0.3, 0.4) is 0 Å². The molecule has 1 aliphatic heterocycles. The molecule has 1 rings (SSSR count). The number of hydrogen-bond donors (Lipinski definition) is 1. The molecule has 0 aliphatic carbocycles. The first-order valence-electron chi connectivity index (χ1n) is 8.46. The maximum Gasteiger partial charge on any atom is 0.193 e. The first kappa shape index (κ1) is 18.2. The average Bonchev–Trinajstić information content (AvgIpc) is 2.50. The van der Waals surface area contributed by atoms with Gasteiger partial charge in [-0.2, -0.15) is 0 Å². The van der Waals surface area contributed by atoms with Crippen LogP contribution in [0.2, 0.25) is 0 Å². The number of hydrogen-bond acceptors (Lipinski definition) is 3. The molecule has 1 atom stereocenters. The molecule has 124 valence electrons. The Morgan fingerprint density at radius 3 is 2.67 bits per heavy atom. The Kier molecular flexibility index (Phi) is 9.42. The number of aliphatic imine (C=N–C) groups is 1. The zero-order valence-electron chi connectivity index (χ0n) is 14.4. The van der Waals surface area contributed by atoms with Crippen LogP contribution < -0.4 is 5.32 Å². The topological polar surface area (TPSA) is 40.1 Å². The molecule has 1 unspecified atom stereocenters. The number of nitrogens with zero attached hydrogens (tertiary/aromatic N) is 3. The number of rotatable bonds is 8. The van der Waals surface area contributed by atoms with Crippen LogP contribution in [0, 0.1) is 5.92 Å². The summed E-state index contributed by atoms with van der Waals surface area (Å²) in [4.78, 5) is 9.53. The van der Waals surface area contributed by atoms with Crippen molar-refractivity contribution >= 4 is 5.96 Å². The van der Waals surface area contributed by atoms with E-state index in [2.05, 4.69) is 42.9 Å². The van der Waals surface area contributed by atoms with Crippen LogP contribution in [0.15, 0.2) is 4.99 Å². The van der Waals surface area contributed by atoms with Crippen molar-refractivity contribution in [1.82, 2.24) is 15.1 Å². The van der Waals surface area contributed by atoms with Gasteiger partial charge in [0.05, 0.1) is 13.2 Å². The molecule has 0 aromatic carbocycles. The van der Waals surface area contributed by atoms with E-state index < -0.39 is 0 Å². The maximum absolute atomic E-state index is 5.39. The Morgan fingerprint density at radius 1 is 1.33 bits per heavy atom. The Balaban J connectivity index is 2.39. The number of nitrogens with one attached hydrogen (secondary N) is 1. The van der Waals surface area contributed by atoms with Crippen LogP contribution in [-0.2, 0) is 4.74 Å². The maximum atomic E-state index is 5.39. The van der Waals surface area contributed by atoms with Crippen molar-refractivity contribution in [3.05, 3.63) is 0 Å². The second kappa shape index (κ2) is 10.9. The van der Waals surface area contributed by atoms with Gasteiger partial charge < -0.3 is 15.0 Å². The standard InChI is InChI=1S/C16H34N4O/c1-5-7-8-19(4)16(17-6-2)18-13-15(3)14-20-9-11-21-12-10-20/h15H,5-14H2,1-4H3,(H,17,18). The number of ether oxygens (including phenoxy) is 1. The third-order valence-corrected chi connectivity index (χ3v) is 3.77. The average molecular weight is 298 g/mol. The van der Waals surface area contributed by atoms with E-state index in [9.17, 15) is 0 Å². The summed E-state index contributed by atoms with van der Waals surface area (Å²) >= 11 is 0. The quantitative estimate of drug-likeness (QED) is 0.546. The highest BCUT2D eigenvalue weighted by molar-refractivity contribution is 5.79. The SMILES string of the molecule is CCCCN(C)C(=NCC(C)CN1CCOCC1)NCC. The number of morpholine rings is 1. The Bertz CT molecular complexity index is 290. The van der Waals surface area contributed by atoms with Crippen molar-refractivity contribution < 1.29 is 4.74 Å². The molecule has 0 aromatic rings. The van der Waals surface area contributed by atoms with E-state index >= 15 is 0 Å². The smallest absolute Gasteiger partial charge is 0.193 e. The molecule has 1 N–H and O–H groups in total. The molecule has 0 amide bonds. The lowest BCUT2D eigenvalue weighted by Crippen LogP contribution is -2.41. The number of unbranched alkanes of at least 4 members (excludes halogenated alkanes) is 1. The lowest BCUT2D eigenvalue weighted by molar-refractivity contribution is 0.0323. The third kappa shape index (κ3) is 7.67. The molecule has 0 radical (unpaired) electrons. The minimum atomic E-state index is 0.580. The normalized spacial score (nSPS) is 18.6. The van der Waals surface area contributed by atoms with Gasteiger partial charge in [0, 0.05) is 46.3 Å². The van der Waals surface area contributed by atoms with Crippen molar-refractivity contribution in [1.29, 1.82) is 0 Å². The molecule has 1 aliphatic rings. The summed E-state index contributed by atoms with van der Waals surface area (Å²) in [6.07, 6.45) is 2.43. The first-order valence-corrected chi connectivity index (χ1v) is 8.46. The summed E-state index contributed by atoms with van der Waals surface area (Å²) in [6, 6.07) is 0. The van der Waals surface area contributed by atoms with Crippen LogP contribution in [0.5, 0.6) is 0 Å². The van der Waals surface area contributed by atoms with Crippen molar-refractivity contribution in [3.63, 3.8) is 0 Å². The molecule has 21 heavy (non-hydrogen) atoms. The van der Waals surface area contributed by atoms with Crippen LogP contribution in [0.1, 0.15) is 33.6 Å². The van der Waals surface area contributed by atoms with Crippen LogP contribution in [0.4, 0.5) is 0 Å². The lowest BCUT2D eigenvalue weighted by Gasteiger charge is -2.29. The summed E-state index contributed by atoms with van der Waals surface area (Å²) < 4.78 is 5.39. The lowest BCUT2D eigenvalue weighted by atomic mass is 10.1. The largest absolute Gasteiger partial charge is 0.379 e. The molecule has 0 saturated carbocycles. The Hall–Kier alpha value is -0.810. The van der Waals surface area contributed by atoms with Gasteiger partial charge in [0.2, 0.25) is 0 Å². The van der Waals surface area contributed by atoms with E-state index in [0.29, 0.717) is 5.92 Å². The van der Waals surface area contributed by atoms with Gasteiger partial charge in [0.15, 0.2) is 5.96 Å². The van der Waals surface area contributed by atoms with Gasteiger partial charge in [0.25, 0.3) is 0 Å². The molecular formula is C16H34N4O. The van der Waals surface area contributed by atoms with E-state index in [4.69, 9.17) is 9.73 Å². The second-order valence-corrected chi connectivity index (χ2v) is 5.99. The monoisotopic (exact) mass is 298 g/mol. The van der Waals surface area contributed by atoms with Gasteiger partial charge in [-0.25, -0.2) is 0 Å². The van der Waals surface area contributed by atoms with Crippen LogP contribution in [0.25, 0.3) is 0 Å². The van der Waals surface area contributed by atoms with Crippen molar-refractivity contribution in [2.75, 3.05) is 59.5 Å². The Morgan fingerprint density at radius 2 is 2.05 bits per heavy atom. The molecule has 0 aromatic heterocycles. The van der Waals surface area contributed by atoms with Gasteiger partial charge in [-0.1, -0.05) is 20.3 Å². The zero-order chi connectivity index (χ0) is 15.5. The van der Waals surface area contributed by atoms with Crippen molar-refractivity contribution in [2.24, 2.45) is 10.9 Å². The third-order valence-electron chi connectivity index (χ3n) is 3.77. The molecule has 1 fully saturated rings. The highest BCUT2D eigenvalue weighted by Crippen LogP contribution is 2.04. The van der Waals surface area contributed by atoms with Crippen molar-refractivity contribution in [2.45, 2.75) is 33.6 Å². The van der Waals surface area contributed by atoms with E-state index in [1.165, 1.54) is 12.8 Å². The fourth-order valence-electron chi connectivity index (χ4n) is 2.50. The zero-order valence-corrected chi connectivity index (χ0v) is 14.4. The molecule has 5 nitrogen and oxygen atoms in total. The van der Waals surface area contributed by atoms with Gasteiger partial charge in [-0.3, -0.25) is 9.89 Å². The van der Waals surface area contributed by atoms with Gasteiger partial charge in [0.1, 0.15) is 0 Å². The summed E-state index contributed by atoms with van der Waals surface area (Å²) in [5.41, 5.74) is 0. The van der Waals surface area contributed by atoms with E-state index in [-0.39, 0.29) is 0 Å². The molecule has 5 heteroatoms. The van der Waals surface area contributed by atoms with Gasteiger partial charge >= 0.3 is 0 Å². The molecule has 0 spiro atoms. The predicted molar refractivity (Wildman–Crippen MR) is 89.9 cm³/mol. The van der Waals surface area contributed by atoms with Gasteiger partial charge in [-0.05, 0) is 19.3 Å². The second-order valence-electron chi connectivity index (χ2n) is 5.99. The highest BCUT2D eigenvalue weighted by atomic mass is 16.5. The first-order chi connectivity index (χ1) is 10.2. The fraction of sp³-hybridized carbons (Fsp3) is 0.938. The number of guanidine groups is 1. The summed E-state index contributed by atoms with van der Waals surface area (Å²) in [6.45, 7) is 14.5. The summed E-state index contributed by atoms with van der Waals surface area (Å²) in [7, 11) is 2.13. The predicted octanol–water partition coefficient (Wildman–Crippen LogP) is 1.65. The van der Waals surface area contributed by atoms with E-state index in [1.54, 1.807) is 0 Å². The minimum Gasteiger partial charge on any atom is -0.379 e. The van der Waals surface area contributed by atoms with Crippen LogP contribution >= 0.6 is 0 Å².